The molecule has 0 saturated heterocycles. The van der Waals surface area contributed by atoms with E-state index in [4.69, 9.17) is 0 Å². The summed E-state index contributed by atoms with van der Waals surface area (Å²) in [5.74, 6) is -0.151. The Morgan fingerprint density at radius 1 is 0.903 bits per heavy atom. The van der Waals surface area contributed by atoms with Crippen molar-refractivity contribution >= 4 is 35.3 Å². The maximum atomic E-state index is 13.4. The molecule has 0 saturated carbocycles. The van der Waals surface area contributed by atoms with Crippen molar-refractivity contribution < 1.29 is 9.59 Å². The third-order valence-corrected chi connectivity index (χ3v) is 6.78. The monoisotopic (exact) mass is 426 g/mol. The van der Waals surface area contributed by atoms with Crippen LogP contribution in [0, 0.1) is 0 Å². The second kappa shape index (κ2) is 8.44. The Labute approximate surface area is 186 Å². The van der Waals surface area contributed by atoms with Gasteiger partial charge in [-0.3, -0.25) is 14.5 Å². The molecule has 0 spiro atoms. The van der Waals surface area contributed by atoms with Crippen molar-refractivity contribution in [3.8, 4) is 0 Å². The molecular weight excluding hydrogens is 404 g/mol. The van der Waals surface area contributed by atoms with E-state index in [1.54, 1.807) is 4.90 Å². The molecule has 5 heteroatoms. The first-order valence-electron chi connectivity index (χ1n) is 10.4. The van der Waals surface area contributed by atoms with Gasteiger partial charge >= 0.3 is 0 Å². The SMILES string of the molecule is O=C(CN1C(=O)C(=Cc2ccccc2)Sc2ccccc21)N1CCc2ccccc2C1. The quantitative estimate of drug-likeness (QED) is 0.568. The minimum Gasteiger partial charge on any atom is -0.336 e. The zero-order valence-electron chi connectivity index (χ0n) is 17.0. The summed E-state index contributed by atoms with van der Waals surface area (Å²) in [6.45, 7) is 1.33. The van der Waals surface area contributed by atoms with Gasteiger partial charge in [0.05, 0.1) is 10.6 Å². The molecule has 31 heavy (non-hydrogen) atoms. The topological polar surface area (TPSA) is 40.6 Å². The number of thioether (sulfide) groups is 1. The lowest BCUT2D eigenvalue weighted by Gasteiger charge is -2.34. The summed E-state index contributed by atoms with van der Waals surface area (Å²) < 4.78 is 0. The molecule has 0 radical (unpaired) electrons. The molecule has 154 valence electrons. The molecular formula is C26H22N2O2S. The van der Waals surface area contributed by atoms with Gasteiger partial charge in [0.1, 0.15) is 6.54 Å². The molecule has 5 rings (SSSR count). The average molecular weight is 427 g/mol. The Bertz CT molecular complexity index is 1170. The highest BCUT2D eigenvalue weighted by atomic mass is 32.2. The van der Waals surface area contributed by atoms with Crippen LogP contribution in [0.25, 0.3) is 6.08 Å². The summed E-state index contributed by atoms with van der Waals surface area (Å²) >= 11 is 1.46. The summed E-state index contributed by atoms with van der Waals surface area (Å²) in [7, 11) is 0. The van der Waals surface area contributed by atoms with Crippen LogP contribution >= 0.6 is 11.8 Å². The van der Waals surface area contributed by atoms with E-state index in [9.17, 15) is 9.59 Å². The fourth-order valence-electron chi connectivity index (χ4n) is 4.06. The number of nitrogens with zero attached hydrogens (tertiary/aromatic N) is 2. The minimum absolute atomic E-state index is 0.0244. The highest BCUT2D eigenvalue weighted by Crippen LogP contribution is 2.42. The Kier molecular flexibility index (Phi) is 5.35. The number of benzene rings is 3. The van der Waals surface area contributed by atoms with Gasteiger partial charge in [-0.25, -0.2) is 0 Å². The number of fused-ring (bicyclic) bond motifs is 2. The maximum Gasteiger partial charge on any atom is 0.265 e. The maximum absolute atomic E-state index is 13.4. The van der Waals surface area contributed by atoms with E-state index in [2.05, 4.69) is 12.1 Å². The van der Waals surface area contributed by atoms with Gasteiger partial charge in [-0.15, -0.1) is 0 Å². The smallest absolute Gasteiger partial charge is 0.265 e. The van der Waals surface area contributed by atoms with E-state index in [1.165, 1.54) is 22.9 Å². The van der Waals surface area contributed by atoms with Crippen LogP contribution in [-0.2, 0) is 22.6 Å². The fourth-order valence-corrected chi connectivity index (χ4v) is 5.12. The van der Waals surface area contributed by atoms with Crippen LogP contribution in [0.4, 0.5) is 5.69 Å². The van der Waals surface area contributed by atoms with Gasteiger partial charge in [0, 0.05) is 18.0 Å². The number of para-hydroxylation sites is 1. The lowest BCUT2D eigenvalue weighted by molar-refractivity contribution is -0.131. The lowest BCUT2D eigenvalue weighted by atomic mass is 10.00. The van der Waals surface area contributed by atoms with Crippen molar-refractivity contribution in [3.63, 3.8) is 0 Å². The Hall–Kier alpha value is -3.31. The van der Waals surface area contributed by atoms with Gasteiger partial charge in [0.25, 0.3) is 5.91 Å². The molecule has 0 aliphatic carbocycles. The molecule has 0 unspecified atom stereocenters. The molecule has 2 heterocycles. The van der Waals surface area contributed by atoms with E-state index in [-0.39, 0.29) is 18.4 Å². The molecule has 0 aromatic heterocycles. The van der Waals surface area contributed by atoms with Gasteiger partial charge in [0.15, 0.2) is 0 Å². The van der Waals surface area contributed by atoms with Crippen molar-refractivity contribution in [3.05, 3.63) is 100 Å². The minimum atomic E-state index is -0.127. The van der Waals surface area contributed by atoms with Crippen LogP contribution in [0.15, 0.2) is 88.7 Å². The molecule has 0 atom stereocenters. The Balaban J connectivity index is 1.41. The summed E-state index contributed by atoms with van der Waals surface area (Å²) in [4.78, 5) is 31.7. The molecule has 0 bridgehead atoms. The Morgan fingerprint density at radius 2 is 1.61 bits per heavy atom. The fraction of sp³-hybridized carbons (Fsp3) is 0.154. The number of rotatable bonds is 3. The lowest BCUT2D eigenvalue weighted by Crippen LogP contribution is -2.45. The van der Waals surface area contributed by atoms with Crippen molar-refractivity contribution in [2.75, 3.05) is 18.0 Å². The van der Waals surface area contributed by atoms with E-state index in [0.29, 0.717) is 18.0 Å². The van der Waals surface area contributed by atoms with Gasteiger partial charge in [-0.2, -0.15) is 0 Å². The predicted octanol–water partition coefficient (Wildman–Crippen LogP) is 4.75. The Morgan fingerprint density at radius 3 is 2.45 bits per heavy atom. The molecule has 2 aliphatic heterocycles. The van der Waals surface area contributed by atoms with E-state index in [0.717, 1.165) is 22.6 Å². The van der Waals surface area contributed by atoms with Crippen LogP contribution in [0.3, 0.4) is 0 Å². The number of amides is 2. The van der Waals surface area contributed by atoms with Gasteiger partial charge < -0.3 is 4.90 Å². The van der Waals surface area contributed by atoms with Crippen LogP contribution < -0.4 is 4.90 Å². The number of carbonyl (C=O) groups excluding carboxylic acids is 2. The van der Waals surface area contributed by atoms with Gasteiger partial charge in [-0.1, -0.05) is 78.5 Å². The number of anilines is 1. The third kappa shape index (κ3) is 4.01. The zero-order valence-corrected chi connectivity index (χ0v) is 17.8. The standard InChI is InChI=1S/C26H22N2O2S/c29-25(27-15-14-20-10-4-5-11-21(20)17-27)18-28-22-12-6-7-13-23(22)31-24(26(28)30)16-19-8-2-1-3-9-19/h1-13,16H,14-15,17-18H2. The summed E-state index contributed by atoms with van der Waals surface area (Å²) in [5, 5.41) is 0. The number of carbonyl (C=O) groups is 2. The first-order chi connectivity index (χ1) is 15.2. The second-order valence-corrected chi connectivity index (χ2v) is 8.80. The summed E-state index contributed by atoms with van der Waals surface area (Å²) in [6, 6.07) is 25.8. The molecule has 3 aromatic carbocycles. The van der Waals surface area contributed by atoms with E-state index < -0.39 is 0 Å². The first-order valence-corrected chi connectivity index (χ1v) is 11.2. The number of hydrogen-bond acceptors (Lipinski definition) is 3. The first kappa shape index (κ1) is 19.6. The van der Waals surface area contributed by atoms with E-state index >= 15 is 0 Å². The predicted molar refractivity (Wildman–Crippen MR) is 125 cm³/mol. The molecule has 2 aliphatic rings. The van der Waals surface area contributed by atoms with Crippen molar-refractivity contribution in [1.29, 1.82) is 0 Å². The molecule has 4 nitrogen and oxygen atoms in total. The largest absolute Gasteiger partial charge is 0.336 e. The van der Waals surface area contributed by atoms with Gasteiger partial charge in [0.2, 0.25) is 5.91 Å². The van der Waals surface area contributed by atoms with Crippen molar-refractivity contribution in [1.82, 2.24) is 4.90 Å². The van der Waals surface area contributed by atoms with Crippen LogP contribution in [0.5, 0.6) is 0 Å². The highest BCUT2D eigenvalue weighted by molar-refractivity contribution is 8.04. The van der Waals surface area contributed by atoms with E-state index in [1.807, 2.05) is 77.7 Å². The molecule has 0 N–H and O–H groups in total. The molecule has 3 aromatic rings. The normalized spacial score (nSPS) is 16.8. The van der Waals surface area contributed by atoms with Gasteiger partial charge in [-0.05, 0) is 41.3 Å². The summed E-state index contributed by atoms with van der Waals surface area (Å²) in [5.41, 5.74) is 4.26. The molecule has 2 amide bonds. The highest BCUT2D eigenvalue weighted by Gasteiger charge is 2.32. The third-order valence-electron chi connectivity index (χ3n) is 5.71. The average Bonchev–Trinajstić information content (AvgIpc) is 2.82. The van der Waals surface area contributed by atoms with Crippen LogP contribution in [-0.4, -0.2) is 29.8 Å². The van der Waals surface area contributed by atoms with Crippen molar-refractivity contribution in [2.24, 2.45) is 0 Å². The zero-order chi connectivity index (χ0) is 21.2. The van der Waals surface area contributed by atoms with Crippen molar-refractivity contribution in [2.45, 2.75) is 17.9 Å². The summed E-state index contributed by atoms with van der Waals surface area (Å²) in [6.07, 6.45) is 2.75. The van der Waals surface area contributed by atoms with Crippen LogP contribution in [0.1, 0.15) is 16.7 Å². The second-order valence-electron chi connectivity index (χ2n) is 7.71. The van der Waals surface area contributed by atoms with Crippen LogP contribution in [0.2, 0.25) is 0 Å². The number of hydrogen-bond donors (Lipinski definition) is 0. The molecule has 0 fully saturated rings.